The molecule has 0 N–H and O–H groups in total. The summed E-state index contributed by atoms with van der Waals surface area (Å²) in [7, 11) is 0. The lowest BCUT2D eigenvalue weighted by Crippen LogP contribution is -2.18. The monoisotopic (exact) mass is 1220 g/mol. The number of nitrogens with zero attached hydrogens (tertiary/aromatic N) is 2. The Labute approximate surface area is 557 Å². The summed E-state index contributed by atoms with van der Waals surface area (Å²) < 4.78 is 0. The van der Waals surface area contributed by atoms with E-state index >= 15 is 0 Å². The zero-order valence-corrected chi connectivity index (χ0v) is 53.3. The van der Waals surface area contributed by atoms with Crippen LogP contribution in [0.15, 0.2) is 303 Å². The number of benzene rings is 22. The van der Waals surface area contributed by atoms with Crippen LogP contribution in [0.25, 0.3) is 183 Å². The predicted molar refractivity (Wildman–Crippen MR) is 418 cm³/mol. The highest BCUT2D eigenvalue weighted by molar-refractivity contribution is 6.39. The summed E-state index contributed by atoms with van der Waals surface area (Å²) in [6, 6.07) is 116. The Morgan fingerprint density at radius 1 is 0.186 bits per heavy atom. The van der Waals surface area contributed by atoms with Gasteiger partial charge in [-0.25, -0.2) is 0 Å². The molecule has 1 aliphatic rings. The molecular formula is C95H56N2. The molecule has 22 aromatic carbocycles. The molecule has 0 heterocycles. The van der Waals surface area contributed by atoms with Crippen molar-refractivity contribution in [1.29, 1.82) is 0 Å². The van der Waals surface area contributed by atoms with Gasteiger partial charge < -0.3 is 9.80 Å². The number of hydrogen-bond acceptors (Lipinski definition) is 2. The van der Waals surface area contributed by atoms with Crippen molar-refractivity contribution in [2.45, 2.75) is 19.3 Å². The third kappa shape index (κ3) is 6.65. The average molecular weight is 1230 g/mol. The smallest absolute Gasteiger partial charge is 0.0540 e. The zero-order chi connectivity index (χ0) is 63.3. The number of fused-ring (bicyclic) bond motifs is 11. The minimum atomic E-state index is -0.413. The second-order valence-electron chi connectivity index (χ2n) is 28.0. The van der Waals surface area contributed by atoms with Gasteiger partial charge in [0.25, 0.3) is 0 Å². The second-order valence-corrected chi connectivity index (χ2v) is 28.0. The normalized spacial score (nSPS) is 13.3. The molecule has 0 fully saturated rings. The Morgan fingerprint density at radius 2 is 0.381 bits per heavy atom. The van der Waals surface area contributed by atoms with Gasteiger partial charge in [-0.3, -0.25) is 0 Å². The maximum Gasteiger partial charge on any atom is 0.0540 e. The van der Waals surface area contributed by atoms with Gasteiger partial charge in [0, 0.05) is 38.3 Å². The van der Waals surface area contributed by atoms with Crippen LogP contribution in [0.5, 0.6) is 0 Å². The molecular weight excluding hydrogens is 1170 g/mol. The highest BCUT2D eigenvalue weighted by Gasteiger charge is 2.38. The SMILES string of the molecule is CC1(C)c2cc(N(c3ccc4c5cccc6cccc(c7cccc3c74)c65)c3ccc4c5cccc6cccc(c7cccc3c74)c65)ccc2-c2ccc(N(c3ccc4c5cccc6cccc(c7cccc3c74)c65)c3ccc4c5cccc6cccc(c7cccc3c74)c65)cc21. The zero-order valence-electron chi connectivity index (χ0n) is 53.3. The lowest BCUT2D eigenvalue weighted by molar-refractivity contribution is 0.660. The van der Waals surface area contributed by atoms with E-state index in [2.05, 4.69) is 327 Å². The minimum absolute atomic E-state index is 0.413. The molecule has 0 unspecified atom stereocenters. The van der Waals surface area contributed by atoms with Crippen LogP contribution < -0.4 is 9.80 Å². The summed E-state index contributed by atoms with van der Waals surface area (Å²) in [6.45, 7) is 4.92. The van der Waals surface area contributed by atoms with E-state index in [0.717, 1.165) is 34.1 Å². The van der Waals surface area contributed by atoms with Gasteiger partial charge in [-0.2, -0.15) is 0 Å². The maximum absolute atomic E-state index is 2.61. The molecule has 0 spiro atoms. The molecule has 0 bridgehead atoms. The van der Waals surface area contributed by atoms with Gasteiger partial charge in [-0.1, -0.05) is 269 Å². The first-order chi connectivity index (χ1) is 47.9. The van der Waals surface area contributed by atoms with Gasteiger partial charge in [-0.15, -0.1) is 0 Å². The molecule has 446 valence electrons. The quantitative estimate of drug-likeness (QED) is 0.121. The molecule has 0 radical (unpaired) electrons. The van der Waals surface area contributed by atoms with Crippen LogP contribution in [0.2, 0.25) is 0 Å². The first-order valence-electron chi connectivity index (χ1n) is 34.1. The predicted octanol–water partition coefficient (Wildman–Crippen LogP) is 27.1. The molecule has 23 rings (SSSR count). The van der Waals surface area contributed by atoms with Crippen LogP contribution >= 0.6 is 0 Å². The minimum Gasteiger partial charge on any atom is -0.309 e. The fraction of sp³-hybridized carbons (Fsp3) is 0.0316. The van der Waals surface area contributed by atoms with Crippen molar-refractivity contribution in [3.8, 4) is 11.1 Å². The molecule has 0 aliphatic heterocycles. The first-order valence-corrected chi connectivity index (χ1v) is 34.1. The van der Waals surface area contributed by atoms with Gasteiger partial charge in [0.1, 0.15) is 0 Å². The van der Waals surface area contributed by atoms with Crippen LogP contribution in [0.3, 0.4) is 0 Å². The molecule has 0 aromatic heterocycles. The fourth-order valence-electron chi connectivity index (χ4n) is 19.1. The van der Waals surface area contributed by atoms with E-state index in [4.69, 9.17) is 0 Å². The number of anilines is 6. The van der Waals surface area contributed by atoms with Crippen molar-refractivity contribution in [2.24, 2.45) is 0 Å². The van der Waals surface area contributed by atoms with E-state index in [-0.39, 0.29) is 0 Å². The van der Waals surface area contributed by atoms with Crippen LogP contribution in [0.4, 0.5) is 34.1 Å². The molecule has 0 saturated carbocycles. The van der Waals surface area contributed by atoms with Gasteiger partial charge in [0.15, 0.2) is 0 Å². The molecule has 1 aliphatic carbocycles. The summed E-state index contributed by atoms with van der Waals surface area (Å²) >= 11 is 0. The summed E-state index contributed by atoms with van der Waals surface area (Å²) in [4.78, 5) is 5.21. The van der Waals surface area contributed by atoms with Crippen molar-refractivity contribution < 1.29 is 0 Å². The third-order valence-electron chi connectivity index (χ3n) is 23.1. The van der Waals surface area contributed by atoms with E-state index in [1.165, 1.54) is 195 Å². The molecule has 22 aromatic rings. The Balaban J connectivity index is 0.757. The van der Waals surface area contributed by atoms with Crippen molar-refractivity contribution in [2.75, 3.05) is 9.80 Å². The van der Waals surface area contributed by atoms with Gasteiger partial charge in [0.2, 0.25) is 0 Å². The molecule has 2 heteroatoms. The van der Waals surface area contributed by atoms with Crippen LogP contribution in [0, 0.1) is 0 Å². The number of rotatable bonds is 6. The third-order valence-corrected chi connectivity index (χ3v) is 23.1. The molecule has 2 nitrogen and oxygen atoms in total. The van der Waals surface area contributed by atoms with Crippen LogP contribution in [0.1, 0.15) is 25.0 Å². The molecule has 0 saturated heterocycles. The topological polar surface area (TPSA) is 6.48 Å². The highest BCUT2D eigenvalue weighted by Crippen LogP contribution is 2.57. The van der Waals surface area contributed by atoms with Crippen molar-refractivity contribution in [3.63, 3.8) is 0 Å². The molecule has 0 amide bonds. The van der Waals surface area contributed by atoms with E-state index in [1.807, 2.05) is 0 Å². The number of hydrogen-bond donors (Lipinski definition) is 0. The standard InChI is InChI=1S/C95H56N2/c1-95(2)81-51-57(96(83-47-43-73-65-27-7-19-53-15-3-23-61(87(53)65)69-31-11-35-77(83)91(69)73)84-48-44-74-66-28-8-20-54-16-4-24-62(88(54)66)70-32-12-36-78(84)92(70)74)39-41-59(81)60-42-40-58(52-82(60)95)97(85-49-45-75-67-29-9-21-55-17-5-25-63(89(55)67)71-33-13-37-79(85)93(71)75)86-50-46-76-68-30-10-22-56-18-6-26-64(90(56)68)72-34-14-38-80(86)94(72)76/h3-52H,1-2H3. The van der Waals surface area contributed by atoms with Crippen molar-refractivity contribution >= 4 is 206 Å². The van der Waals surface area contributed by atoms with E-state index in [9.17, 15) is 0 Å². The fourth-order valence-corrected chi connectivity index (χ4v) is 19.1. The largest absolute Gasteiger partial charge is 0.309 e. The Kier molecular flexibility index (Phi) is 9.94. The summed E-state index contributed by atoms with van der Waals surface area (Å²) in [5, 5.41) is 41.0. The van der Waals surface area contributed by atoms with E-state index in [0.29, 0.717) is 0 Å². The van der Waals surface area contributed by atoms with Gasteiger partial charge >= 0.3 is 0 Å². The van der Waals surface area contributed by atoms with Crippen molar-refractivity contribution in [3.05, 3.63) is 314 Å². The van der Waals surface area contributed by atoms with Crippen LogP contribution in [-0.4, -0.2) is 0 Å². The Hall–Kier alpha value is -12.4. The van der Waals surface area contributed by atoms with E-state index in [1.54, 1.807) is 0 Å². The molecule has 0 atom stereocenters. The Bertz CT molecular complexity index is 6230. The summed E-state index contributed by atoms with van der Waals surface area (Å²) in [5.41, 5.74) is 11.6. The first kappa shape index (κ1) is 52.1. The summed E-state index contributed by atoms with van der Waals surface area (Å²) in [6.07, 6.45) is 0. The van der Waals surface area contributed by atoms with Gasteiger partial charge in [-0.05, 0) is 222 Å². The average Bonchev–Trinajstić information content (AvgIpc) is 1.34. The van der Waals surface area contributed by atoms with Crippen molar-refractivity contribution in [1.82, 2.24) is 0 Å². The maximum atomic E-state index is 2.61. The Morgan fingerprint density at radius 3 is 0.619 bits per heavy atom. The van der Waals surface area contributed by atoms with Crippen LogP contribution in [-0.2, 0) is 5.41 Å². The second kappa shape index (κ2) is 18.5. The molecule has 97 heavy (non-hydrogen) atoms. The lowest BCUT2D eigenvalue weighted by atomic mass is 9.82. The van der Waals surface area contributed by atoms with E-state index < -0.39 is 5.41 Å². The summed E-state index contributed by atoms with van der Waals surface area (Å²) in [5.74, 6) is 0. The lowest BCUT2D eigenvalue weighted by Gasteiger charge is -2.31. The highest BCUT2D eigenvalue weighted by atomic mass is 15.2. The van der Waals surface area contributed by atoms with Gasteiger partial charge in [0.05, 0.1) is 22.7 Å².